The van der Waals surface area contributed by atoms with E-state index >= 15 is 0 Å². The Bertz CT molecular complexity index is 1130. The molecule has 2 aliphatic rings. The number of aromatic nitrogens is 1. The van der Waals surface area contributed by atoms with Crippen molar-refractivity contribution in [3.63, 3.8) is 0 Å². The molecule has 2 aliphatic heterocycles. The Morgan fingerprint density at radius 2 is 1.85 bits per heavy atom. The number of aryl methyl sites for hydroxylation is 2. The van der Waals surface area contributed by atoms with Crippen LogP contribution in [0.4, 0.5) is 5.69 Å². The molecule has 3 nitrogen and oxygen atoms in total. The lowest BCUT2D eigenvalue weighted by Crippen LogP contribution is -2.58. The Morgan fingerprint density at radius 3 is 2.63 bits per heavy atom. The fourth-order valence-corrected chi connectivity index (χ4v) is 4.94. The highest BCUT2D eigenvalue weighted by atomic mass is 16.5. The van der Waals surface area contributed by atoms with Crippen molar-refractivity contribution in [3.05, 3.63) is 70.9 Å². The number of likely N-dealkylation sites (N-methyl/N-ethyl adjacent to an activating group) is 1. The minimum atomic E-state index is -0.575. The van der Waals surface area contributed by atoms with Crippen molar-refractivity contribution in [2.24, 2.45) is 0 Å². The predicted molar refractivity (Wildman–Crippen MR) is 111 cm³/mol. The quantitative estimate of drug-likeness (QED) is 0.541. The van der Waals surface area contributed by atoms with Gasteiger partial charge in [-0.2, -0.15) is 0 Å². The lowest BCUT2D eigenvalue weighted by molar-refractivity contribution is 0.0596. The summed E-state index contributed by atoms with van der Waals surface area (Å²) in [4.78, 5) is 6.97. The smallest absolute Gasteiger partial charge is 0.211 e. The second-order valence-corrected chi connectivity index (χ2v) is 8.30. The van der Waals surface area contributed by atoms with Gasteiger partial charge in [-0.3, -0.25) is 4.98 Å². The number of hydrogen-bond acceptors (Lipinski definition) is 3. The summed E-state index contributed by atoms with van der Waals surface area (Å²) in [5.41, 5.74) is 6.34. The number of anilines is 1. The summed E-state index contributed by atoms with van der Waals surface area (Å²) in [6.45, 7) is 8.85. The van der Waals surface area contributed by atoms with Crippen molar-refractivity contribution in [3.8, 4) is 5.75 Å². The second-order valence-electron chi connectivity index (χ2n) is 8.30. The standard InChI is InChI=1S/C24H24N2O/c1-15-8-6-10-19-21(15)26(5)24(23(19,3)4)12-11-17-14-16(2)18-9-7-13-25-20(18)22(17)27-24/h6-14H,1-5H3. The molecule has 0 bridgehead atoms. The fraction of sp³-hybridized carbons (Fsp3) is 0.292. The highest BCUT2D eigenvalue weighted by Gasteiger charge is 2.58. The van der Waals surface area contributed by atoms with E-state index in [0.717, 1.165) is 22.2 Å². The van der Waals surface area contributed by atoms with Crippen molar-refractivity contribution < 1.29 is 4.74 Å². The van der Waals surface area contributed by atoms with Crippen LogP contribution in [0.3, 0.4) is 0 Å². The summed E-state index contributed by atoms with van der Waals surface area (Å²) in [6, 6.07) is 12.8. The van der Waals surface area contributed by atoms with Crippen molar-refractivity contribution in [2.75, 3.05) is 11.9 Å². The van der Waals surface area contributed by atoms with Crippen LogP contribution >= 0.6 is 0 Å². The van der Waals surface area contributed by atoms with Crippen molar-refractivity contribution in [1.82, 2.24) is 4.98 Å². The highest BCUT2D eigenvalue weighted by Crippen LogP contribution is 2.55. The van der Waals surface area contributed by atoms with E-state index in [1.807, 2.05) is 12.3 Å². The average molecular weight is 356 g/mol. The molecule has 27 heavy (non-hydrogen) atoms. The first kappa shape index (κ1) is 16.4. The molecule has 0 saturated heterocycles. The Balaban J connectivity index is 1.77. The number of ether oxygens (including phenoxy) is 1. The van der Waals surface area contributed by atoms with Gasteiger partial charge in [0.25, 0.3) is 0 Å². The molecule has 0 fully saturated rings. The van der Waals surface area contributed by atoms with Gasteiger partial charge >= 0.3 is 0 Å². The molecule has 3 heteroatoms. The molecule has 3 aromatic rings. The van der Waals surface area contributed by atoms with Crippen molar-refractivity contribution >= 4 is 22.7 Å². The molecule has 0 N–H and O–H groups in total. The molecule has 1 unspecified atom stereocenters. The summed E-state index contributed by atoms with van der Waals surface area (Å²) < 4.78 is 6.89. The third-order valence-corrected chi connectivity index (χ3v) is 6.47. The molecule has 136 valence electrons. The Labute approximate surface area is 160 Å². The largest absolute Gasteiger partial charge is 0.460 e. The van der Waals surface area contributed by atoms with E-state index in [-0.39, 0.29) is 5.41 Å². The number of nitrogens with zero attached hydrogens (tertiary/aromatic N) is 2. The zero-order valence-electron chi connectivity index (χ0n) is 16.5. The second kappa shape index (κ2) is 5.13. The van der Waals surface area contributed by atoms with Crippen molar-refractivity contribution in [2.45, 2.75) is 38.8 Å². The van der Waals surface area contributed by atoms with Crippen LogP contribution in [0.15, 0.2) is 48.7 Å². The van der Waals surface area contributed by atoms with Crippen LogP contribution in [0.25, 0.3) is 17.0 Å². The zero-order valence-corrected chi connectivity index (χ0v) is 16.5. The van der Waals surface area contributed by atoms with E-state index in [1.165, 1.54) is 22.4 Å². The van der Waals surface area contributed by atoms with Crippen LogP contribution in [-0.2, 0) is 5.41 Å². The molecule has 0 aliphatic carbocycles. The van der Waals surface area contributed by atoms with Gasteiger partial charge in [-0.15, -0.1) is 0 Å². The Kier molecular flexibility index (Phi) is 3.11. The summed E-state index contributed by atoms with van der Waals surface area (Å²) in [7, 11) is 2.14. The van der Waals surface area contributed by atoms with Gasteiger partial charge in [0.1, 0.15) is 5.52 Å². The van der Waals surface area contributed by atoms with Gasteiger partial charge in [-0.1, -0.05) is 24.3 Å². The minimum Gasteiger partial charge on any atom is -0.460 e. The van der Waals surface area contributed by atoms with Gasteiger partial charge in [0.15, 0.2) is 5.75 Å². The van der Waals surface area contributed by atoms with E-state index < -0.39 is 5.72 Å². The van der Waals surface area contributed by atoms with E-state index in [4.69, 9.17) is 4.74 Å². The molecule has 2 aromatic carbocycles. The molecular weight excluding hydrogens is 332 g/mol. The molecule has 1 spiro atoms. The zero-order chi connectivity index (χ0) is 19.0. The fourth-order valence-electron chi connectivity index (χ4n) is 4.94. The Morgan fingerprint density at radius 1 is 1.04 bits per heavy atom. The maximum Gasteiger partial charge on any atom is 0.211 e. The normalized spacial score (nSPS) is 22.0. The van der Waals surface area contributed by atoms with Crippen LogP contribution in [0.1, 0.15) is 36.1 Å². The van der Waals surface area contributed by atoms with Gasteiger partial charge in [0.2, 0.25) is 5.72 Å². The maximum atomic E-state index is 6.89. The number of benzene rings is 2. The third kappa shape index (κ3) is 1.89. The number of fused-ring (bicyclic) bond motifs is 4. The SMILES string of the molecule is Cc1cccc2c1N(C)C1(C=Cc3cc(C)c4cccnc4c3O1)C2(C)C. The number of para-hydroxylation sites is 1. The van der Waals surface area contributed by atoms with E-state index in [2.05, 4.69) is 87.1 Å². The minimum absolute atomic E-state index is 0.205. The summed E-state index contributed by atoms with van der Waals surface area (Å²) >= 11 is 0. The van der Waals surface area contributed by atoms with Crippen LogP contribution in [0.5, 0.6) is 5.75 Å². The summed E-state index contributed by atoms with van der Waals surface area (Å²) in [5.74, 6) is 0.879. The molecule has 5 rings (SSSR count). The molecule has 0 amide bonds. The third-order valence-electron chi connectivity index (χ3n) is 6.47. The maximum absolute atomic E-state index is 6.89. The number of hydrogen-bond donors (Lipinski definition) is 0. The molecule has 1 aromatic heterocycles. The van der Waals surface area contributed by atoms with E-state index in [9.17, 15) is 0 Å². The first-order valence-electron chi connectivity index (χ1n) is 9.47. The van der Waals surface area contributed by atoms with Crippen LogP contribution < -0.4 is 9.64 Å². The van der Waals surface area contributed by atoms with Crippen molar-refractivity contribution in [1.29, 1.82) is 0 Å². The predicted octanol–water partition coefficient (Wildman–Crippen LogP) is 5.38. The lowest BCUT2D eigenvalue weighted by atomic mass is 9.76. The first-order valence-corrected chi connectivity index (χ1v) is 9.47. The number of pyridine rings is 1. The van der Waals surface area contributed by atoms with Gasteiger partial charge in [0.05, 0.1) is 5.41 Å². The first-order chi connectivity index (χ1) is 12.9. The van der Waals surface area contributed by atoms with Crippen LogP contribution in [0, 0.1) is 13.8 Å². The molecule has 1 atom stereocenters. The molecular formula is C24H24N2O. The molecule has 0 radical (unpaired) electrons. The number of rotatable bonds is 0. The monoisotopic (exact) mass is 356 g/mol. The van der Waals surface area contributed by atoms with E-state index in [0.29, 0.717) is 0 Å². The summed E-state index contributed by atoms with van der Waals surface area (Å²) in [6.07, 6.45) is 6.28. The average Bonchev–Trinajstić information content (AvgIpc) is 2.82. The Hall–Kier alpha value is -2.81. The van der Waals surface area contributed by atoms with Gasteiger partial charge < -0.3 is 9.64 Å². The molecule has 0 saturated carbocycles. The van der Waals surface area contributed by atoms with E-state index in [1.54, 1.807) is 0 Å². The van der Waals surface area contributed by atoms with Crippen LogP contribution in [0.2, 0.25) is 0 Å². The van der Waals surface area contributed by atoms with Gasteiger partial charge in [0, 0.05) is 29.9 Å². The topological polar surface area (TPSA) is 25.4 Å². The molecule has 3 heterocycles. The highest BCUT2D eigenvalue weighted by molar-refractivity contribution is 5.92. The van der Waals surface area contributed by atoms with Gasteiger partial charge in [-0.05, 0) is 68.7 Å². The summed E-state index contributed by atoms with van der Waals surface area (Å²) in [5, 5.41) is 1.15. The van der Waals surface area contributed by atoms with Crippen LogP contribution in [-0.4, -0.2) is 17.8 Å². The lowest BCUT2D eigenvalue weighted by Gasteiger charge is -2.46. The van der Waals surface area contributed by atoms with Gasteiger partial charge in [-0.25, -0.2) is 0 Å².